The van der Waals surface area contributed by atoms with Gasteiger partial charge in [0, 0.05) is 23.7 Å². The highest BCUT2D eigenvalue weighted by Crippen LogP contribution is 2.36. The van der Waals surface area contributed by atoms with Crippen LogP contribution in [-0.4, -0.2) is 28.6 Å². The molecule has 7 heteroatoms. The lowest BCUT2D eigenvalue weighted by Gasteiger charge is -2.30. The number of methoxy groups -OCH3 is 1. The van der Waals surface area contributed by atoms with E-state index in [-0.39, 0.29) is 10.9 Å². The van der Waals surface area contributed by atoms with Crippen molar-refractivity contribution in [1.82, 2.24) is 4.72 Å². The number of hydrogen-bond donors (Lipinski definition) is 1. The van der Waals surface area contributed by atoms with E-state index >= 15 is 0 Å². The second-order valence-electron chi connectivity index (χ2n) is 6.63. The average Bonchev–Trinajstić information content (AvgIpc) is 3.39. The fourth-order valence-corrected chi connectivity index (χ4v) is 5.44. The highest BCUT2D eigenvalue weighted by molar-refractivity contribution is 7.89. The predicted molar refractivity (Wildman–Crippen MR) is 113 cm³/mol. The van der Waals surface area contributed by atoms with Crippen LogP contribution >= 0.6 is 11.3 Å². The van der Waals surface area contributed by atoms with Crippen molar-refractivity contribution in [2.24, 2.45) is 0 Å². The minimum Gasteiger partial charge on any atom is -0.497 e. The molecule has 1 aromatic heterocycles. The minimum atomic E-state index is -3.61. The Hall–Kier alpha value is -2.35. The third kappa shape index (κ3) is 3.78. The number of nitrogens with zero attached hydrogens (tertiary/aromatic N) is 1. The van der Waals surface area contributed by atoms with E-state index in [0.29, 0.717) is 12.3 Å². The van der Waals surface area contributed by atoms with Crippen LogP contribution in [0, 0.1) is 0 Å². The molecular weight excluding hydrogens is 392 g/mol. The summed E-state index contributed by atoms with van der Waals surface area (Å²) < 4.78 is 33.5. The van der Waals surface area contributed by atoms with Gasteiger partial charge in [0.15, 0.2) is 0 Å². The molecule has 1 aliphatic rings. The number of sulfonamides is 1. The molecule has 4 rings (SSSR count). The van der Waals surface area contributed by atoms with Gasteiger partial charge in [-0.15, -0.1) is 11.3 Å². The molecule has 2 aromatic carbocycles. The molecule has 1 N–H and O–H groups in total. The molecular formula is C21H22N2O3S2. The van der Waals surface area contributed by atoms with Crippen LogP contribution in [0.25, 0.3) is 0 Å². The maximum atomic E-state index is 12.8. The van der Waals surface area contributed by atoms with E-state index < -0.39 is 10.0 Å². The van der Waals surface area contributed by atoms with Gasteiger partial charge in [-0.25, -0.2) is 13.1 Å². The number of rotatable bonds is 7. The molecule has 0 aliphatic carbocycles. The number of hydrogen-bond acceptors (Lipinski definition) is 5. The minimum absolute atomic E-state index is 0.0447. The molecule has 0 saturated heterocycles. The van der Waals surface area contributed by atoms with Gasteiger partial charge in [0.2, 0.25) is 10.0 Å². The summed E-state index contributed by atoms with van der Waals surface area (Å²) in [6.45, 7) is 1.19. The van der Waals surface area contributed by atoms with E-state index in [4.69, 9.17) is 4.74 Å². The van der Waals surface area contributed by atoms with Crippen molar-refractivity contribution < 1.29 is 13.2 Å². The first kappa shape index (κ1) is 19.0. The SMILES string of the molecule is COc1ccc(S(=O)(=O)NCC(c2cccs2)N2CCc3ccccc32)cc1. The molecule has 1 unspecified atom stereocenters. The molecule has 0 spiro atoms. The number of benzene rings is 2. The van der Waals surface area contributed by atoms with Crippen molar-refractivity contribution in [1.29, 1.82) is 0 Å². The molecule has 3 aromatic rings. The first-order valence-electron chi connectivity index (χ1n) is 9.10. The number of ether oxygens (including phenoxy) is 1. The number of anilines is 1. The second kappa shape index (κ2) is 7.95. The average molecular weight is 415 g/mol. The van der Waals surface area contributed by atoms with Crippen molar-refractivity contribution in [3.63, 3.8) is 0 Å². The summed E-state index contributed by atoms with van der Waals surface area (Å²) >= 11 is 1.65. The van der Waals surface area contributed by atoms with Gasteiger partial charge in [-0.1, -0.05) is 24.3 Å². The summed E-state index contributed by atoms with van der Waals surface area (Å²) in [4.78, 5) is 3.69. The number of nitrogens with one attached hydrogen (secondary N) is 1. The van der Waals surface area contributed by atoms with Crippen LogP contribution in [0.15, 0.2) is 70.9 Å². The van der Waals surface area contributed by atoms with Gasteiger partial charge in [-0.3, -0.25) is 0 Å². The molecule has 0 saturated carbocycles. The molecule has 1 aliphatic heterocycles. The van der Waals surface area contributed by atoms with Crippen molar-refractivity contribution in [3.05, 3.63) is 76.5 Å². The molecule has 146 valence electrons. The molecule has 1 atom stereocenters. The monoisotopic (exact) mass is 414 g/mol. The van der Waals surface area contributed by atoms with Gasteiger partial charge >= 0.3 is 0 Å². The number of para-hydroxylation sites is 1. The van der Waals surface area contributed by atoms with E-state index in [1.165, 1.54) is 11.3 Å². The third-order valence-electron chi connectivity index (χ3n) is 5.01. The first-order chi connectivity index (χ1) is 13.6. The largest absolute Gasteiger partial charge is 0.497 e. The molecule has 28 heavy (non-hydrogen) atoms. The normalized spacial score (nSPS) is 14.7. The van der Waals surface area contributed by atoms with Crippen LogP contribution in [-0.2, 0) is 16.4 Å². The first-order valence-corrected chi connectivity index (χ1v) is 11.5. The summed E-state index contributed by atoms with van der Waals surface area (Å²) in [6.07, 6.45) is 0.975. The zero-order chi connectivity index (χ0) is 19.6. The summed E-state index contributed by atoms with van der Waals surface area (Å²) in [7, 11) is -2.05. The molecule has 0 bridgehead atoms. The molecule has 2 heterocycles. The number of thiophene rings is 1. The van der Waals surface area contributed by atoms with Crippen molar-refractivity contribution in [2.45, 2.75) is 17.4 Å². The quantitative estimate of drug-likeness (QED) is 0.638. The molecule has 0 radical (unpaired) electrons. The Morgan fingerprint density at radius 1 is 1.11 bits per heavy atom. The summed E-state index contributed by atoms with van der Waals surface area (Å²) in [6, 6.07) is 18.8. The van der Waals surface area contributed by atoms with Gasteiger partial charge in [0.1, 0.15) is 5.75 Å². The van der Waals surface area contributed by atoms with E-state index in [1.807, 2.05) is 17.5 Å². The summed E-state index contributed by atoms with van der Waals surface area (Å²) in [5.41, 5.74) is 2.49. The van der Waals surface area contributed by atoms with Gasteiger partial charge in [0.25, 0.3) is 0 Å². The highest BCUT2D eigenvalue weighted by atomic mass is 32.2. The Balaban J connectivity index is 1.57. The lowest BCUT2D eigenvalue weighted by atomic mass is 10.1. The Labute approximate surface area is 169 Å². The standard InChI is InChI=1S/C21H22N2O3S2/c1-26-17-8-10-18(11-9-17)28(24,25)22-15-20(21-7-4-14-27-21)23-13-12-16-5-2-3-6-19(16)23/h2-11,14,20,22H,12-13,15H2,1H3. The Morgan fingerprint density at radius 2 is 1.89 bits per heavy atom. The van der Waals surface area contributed by atoms with Gasteiger partial charge in [-0.2, -0.15) is 0 Å². The lowest BCUT2D eigenvalue weighted by molar-refractivity contribution is 0.414. The van der Waals surface area contributed by atoms with Crippen LogP contribution < -0.4 is 14.4 Å². The predicted octanol–water partition coefficient (Wildman–Crippen LogP) is 3.84. The fraction of sp³-hybridized carbons (Fsp3) is 0.238. The van der Waals surface area contributed by atoms with Crippen molar-refractivity contribution in [3.8, 4) is 5.75 Å². The van der Waals surface area contributed by atoms with Crippen LogP contribution in [0.3, 0.4) is 0 Å². The summed E-state index contributed by atoms with van der Waals surface area (Å²) in [5, 5.41) is 2.03. The van der Waals surface area contributed by atoms with Crippen molar-refractivity contribution in [2.75, 3.05) is 25.1 Å². The zero-order valence-electron chi connectivity index (χ0n) is 15.5. The molecule has 0 amide bonds. The Bertz CT molecular complexity index is 1030. The molecule has 0 fully saturated rings. The topological polar surface area (TPSA) is 58.6 Å². The van der Waals surface area contributed by atoms with Gasteiger partial charge in [0.05, 0.1) is 18.0 Å². The van der Waals surface area contributed by atoms with Crippen LogP contribution in [0.5, 0.6) is 5.75 Å². The van der Waals surface area contributed by atoms with Gasteiger partial charge < -0.3 is 9.64 Å². The maximum absolute atomic E-state index is 12.8. The van der Waals surface area contributed by atoms with Crippen LogP contribution in [0.4, 0.5) is 5.69 Å². The second-order valence-corrected chi connectivity index (χ2v) is 9.38. The Kier molecular flexibility index (Phi) is 5.39. The highest BCUT2D eigenvalue weighted by Gasteiger charge is 2.29. The smallest absolute Gasteiger partial charge is 0.240 e. The maximum Gasteiger partial charge on any atom is 0.240 e. The van der Waals surface area contributed by atoms with E-state index in [9.17, 15) is 8.42 Å². The third-order valence-corrected chi connectivity index (χ3v) is 7.42. The van der Waals surface area contributed by atoms with E-state index in [0.717, 1.165) is 17.8 Å². The van der Waals surface area contributed by atoms with E-state index in [1.54, 1.807) is 42.7 Å². The van der Waals surface area contributed by atoms with Gasteiger partial charge in [-0.05, 0) is 53.8 Å². The van der Waals surface area contributed by atoms with Crippen LogP contribution in [0.1, 0.15) is 16.5 Å². The van der Waals surface area contributed by atoms with E-state index in [2.05, 4.69) is 33.9 Å². The van der Waals surface area contributed by atoms with Crippen molar-refractivity contribution >= 4 is 27.0 Å². The Morgan fingerprint density at radius 3 is 2.61 bits per heavy atom. The fourth-order valence-electron chi connectivity index (χ4n) is 3.56. The summed E-state index contributed by atoms with van der Waals surface area (Å²) in [5.74, 6) is 0.629. The lowest BCUT2D eigenvalue weighted by Crippen LogP contribution is -2.37. The van der Waals surface area contributed by atoms with Crippen LogP contribution in [0.2, 0.25) is 0 Å². The zero-order valence-corrected chi connectivity index (χ0v) is 17.2. The molecule has 5 nitrogen and oxygen atoms in total. The number of fused-ring (bicyclic) bond motifs is 1.